The van der Waals surface area contributed by atoms with Gasteiger partial charge >= 0.3 is 0 Å². The van der Waals surface area contributed by atoms with Gasteiger partial charge in [0, 0.05) is 44.7 Å². The molecule has 7 nitrogen and oxygen atoms in total. The maximum absolute atomic E-state index is 13.9. The number of halogens is 3. The summed E-state index contributed by atoms with van der Waals surface area (Å²) in [5, 5.41) is 6.46. The minimum atomic E-state index is -1.99. The van der Waals surface area contributed by atoms with E-state index in [4.69, 9.17) is 28.2 Å². The summed E-state index contributed by atoms with van der Waals surface area (Å²) in [6.45, 7) is 5.11. The Morgan fingerprint density at radius 3 is 2.54 bits per heavy atom. The minimum Gasteiger partial charge on any atom is -0.371 e. The topological polar surface area (TPSA) is 79.3 Å². The molecule has 1 fully saturated rings. The van der Waals surface area contributed by atoms with Crippen LogP contribution >= 0.6 is 23.2 Å². The van der Waals surface area contributed by atoms with Gasteiger partial charge in [0.15, 0.2) is 5.67 Å². The second-order valence-corrected chi connectivity index (χ2v) is 11.5. The van der Waals surface area contributed by atoms with Gasteiger partial charge in [-0.25, -0.2) is 9.37 Å². The van der Waals surface area contributed by atoms with Gasteiger partial charge in [-0.3, -0.25) is 9.59 Å². The zero-order chi connectivity index (χ0) is 28.5. The lowest BCUT2D eigenvalue weighted by molar-refractivity contribution is -0.130. The van der Waals surface area contributed by atoms with Crippen molar-refractivity contribution in [3.8, 4) is 0 Å². The van der Waals surface area contributed by atoms with E-state index >= 15 is 0 Å². The number of amides is 2. The molecule has 1 heterocycles. The van der Waals surface area contributed by atoms with E-state index < -0.39 is 11.6 Å². The number of alkyl halides is 1. The van der Waals surface area contributed by atoms with E-state index in [0.29, 0.717) is 51.3 Å². The number of fused-ring (bicyclic) bond motifs is 1. The molecule has 1 aromatic heterocycles. The number of hydrogen-bond donors (Lipinski definition) is 2. The van der Waals surface area contributed by atoms with Gasteiger partial charge in [-0.15, -0.1) is 0 Å². The Hall–Kier alpha value is -2.84. The molecule has 39 heavy (non-hydrogen) atoms. The predicted molar refractivity (Wildman–Crippen MR) is 156 cm³/mol. The van der Waals surface area contributed by atoms with Crippen LogP contribution in [0.2, 0.25) is 10.0 Å². The Kier molecular flexibility index (Phi) is 8.76. The average molecular weight is 577 g/mol. The van der Waals surface area contributed by atoms with E-state index in [1.807, 2.05) is 37.7 Å². The number of rotatable bonds is 10. The number of benzene rings is 2. The van der Waals surface area contributed by atoms with Gasteiger partial charge in [0.25, 0.3) is 11.8 Å². The molecule has 0 saturated heterocycles. The number of nitrogens with one attached hydrogen (secondary N) is 2. The van der Waals surface area contributed by atoms with Crippen LogP contribution < -0.4 is 15.5 Å². The summed E-state index contributed by atoms with van der Waals surface area (Å²) in [4.78, 5) is 32.2. The van der Waals surface area contributed by atoms with Crippen molar-refractivity contribution >= 4 is 51.7 Å². The van der Waals surface area contributed by atoms with Gasteiger partial charge < -0.3 is 20.1 Å². The third-order valence-electron chi connectivity index (χ3n) is 7.45. The van der Waals surface area contributed by atoms with Crippen LogP contribution in [-0.2, 0) is 24.8 Å². The van der Waals surface area contributed by atoms with Crippen molar-refractivity contribution in [1.82, 2.24) is 20.2 Å². The lowest BCUT2D eigenvalue weighted by Gasteiger charge is -2.37. The first-order chi connectivity index (χ1) is 18.4. The first-order valence-corrected chi connectivity index (χ1v) is 14.1. The molecule has 210 valence electrons. The molecule has 1 saturated carbocycles. The molecule has 4 rings (SSSR count). The monoisotopic (exact) mass is 575 g/mol. The van der Waals surface area contributed by atoms with Crippen molar-refractivity contribution < 1.29 is 14.0 Å². The number of imidazole rings is 1. The van der Waals surface area contributed by atoms with Crippen LogP contribution in [0.4, 0.5) is 10.1 Å². The zero-order valence-corrected chi connectivity index (χ0v) is 24.6. The molecule has 0 radical (unpaired) electrons. The molecule has 0 unspecified atom stereocenters. The first kappa shape index (κ1) is 29.2. The molecule has 10 heteroatoms. The van der Waals surface area contributed by atoms with E-state index in [0.717, 1.165) is 36.3 Å². The zero-order valence-electron chi connectivity index (χ0n) is 23.1. The maximum Gasteiger partial charge on any atom is 0.257 e. The smallest absolute Gasteiger partial charge is 0.257 e. The quantitative estimate of drug-likeness (QED) is 0.312. The summed E-state index contributed by atoms with van der Waals surface area (Å²) in [6, 6.07) is 7.76. The Morgan fingerprint density at radius 1 is 1.21 bits per heavy atom. The number of aryl methyl sites for hydroxylation is 1. The SMILES string of the molecule is CCCNC(=O)c1cc2nc(Cc3c(Cl)ccc(CNC(=O)C(C)(C)F)c3Cl)n(C)c2cc1N(C)C1CCC1. The number of hydrogen-bond acceptors (Lipinski definition) is 4. The highest BCUT2D eigenvalue weighted by Gasteiger charge is 2.28. The summed E-state index contributed by atoms with van der Waals surface area (Å²) in [5.74, 6) is -0.0977. The molecule has 2 aromatic carbocycles. The average Bonchev–Trinajstić information content (AvgIpc) is 3.16. The number of carbonyl (C=O) groups is 2. The second-order valence-electron chi connectivity index (χ2n) is 10.7. The number of nitrogens with zero attached hydrogens (tertiary/aromatic N) is 3. The molecule has 0 spiro atoms. The Morgan fingerprint density at radius 2 is 1.92 bits per heavy atom. The van der Waals surface area contributed by atoms with Crippen LogP contribution in [0.3, 0.4) is 0 Å². The molecule has 0 aliphatic heterocycles. The summed E-state index contributed by atoms with van der Waals surface area (Å²) < 4.78 is 15.9. The molecular weight excluding hydrogens is 540 g/mol. The first-order valence-electron chi connectivity index (χ1n) is 13.4. The standard InChI is InChI=1S/C29H36Cl2FN5O2/c1-6-12-33-27(38)20-13-22-24(15-23(20)36(4)18-8-7-9-18)37(5)25(35-22)14-19-21(30)11-10-17(26(19)31)16-34-28(39)29(2,3)32/h10-11,13,15,18H,6-9,12,14,16H2,1-5H3,(H,33,38)(H,34,39). The number of carbonyl (C=O) groups excluding carboxylic acids is 2. The number of aromatic nitrogens is 2. The molecule has 3 aromatic rings. The number of anilines is 1. The normalized spacial score (nSPS) is 13.8. The van der Waals surface area contributed by atoms with Gasteiger partial charge in [-0.2, -0.15) is 0 Å². The summed E-state index contributed by atoms with van der Waals surface area (Å²) in [5.41, 5.74) is 2.41. The van der Waals surface area contributed by atoms with Crippen LogP contribution in [0.25, 0.3) is 11.0 Å². The molecular formula is C29H36Cl2FN5O2. The van der Waals surface area contributed by atoms with Gasteiger partial charge in [-0.05, 0) is 68.9 Å². The Bertz CT molecular complexity index is 1390. The summed E-state index contributed by atoms with van der Waals surface area (Å²) >= 11 is 13.3. The highest BCUT2D eigenvalue weighted by molar-refractivity contribution is 6.36. The van der Waals surface area contributed by atoms with Crippen molar-refractivity contribution in [2.75, 3.05) is 18.5 Å². The van der Waals surface area contributed by atoms with E-state index in [1.165, 1.54) is 20.3 Å². The fraction of sp³-hybridized carbons (Fsp3) is 0.483. The van der Waals surface area contributed by atoms with Crippen molar-refractivity contribution in [3.05, 3.63) is 56.8 Å². The van der Waals surface area contributed by atoms with Crippen LogP contribution in [0, 0.1) is 0 Å². The molecule has 2 N–H and O–H groups in total. The van der Waals surface area contributed by atoms with Gasteiger partial charge in [0.05, 0.1) is 27.3 Å². The predicted octanol–water partition coefficient (Wildman–Crippen LogP) is 5.96. The van der Waals surface area contributed by atoms with Crippen molar-refractivity contribution in [2.24, 2.45) is 7.05 Å². The molecule has 0 bridgehead atoms. The molecule has 1 aliphatic rings. The van der Waals surface area contributed by atoms with Crippen LogP contribution in [0.1, 0.15) is 73.8 Å². The van der Waals surface area contributed by atoms with Crippen molar-refractivity contribution in [2.45, 2.75) is 71.1 Å². The van der Waals surface area contributed by atoms with Crippen LogP contribution in [0.5, 0.6) is 0 Å². The van der Waals surface area contributed by atoms with E-state index in [9.17, 15) is 14.0 Å². The highest BCUT2D eigenvalue weighted by atomic mass is 35.5. The van der Waals surface area contributed by atoms with Crippen molar-refractivity contribution in [3.63, 3.8) is 0 Å². The Labute approximate surface area is 239 Å². The minimum absolute atomic E-state index is 0.0742. The summed E-state index contributed by atoms with van der Waals surface area (Å²) in [6.07, 6.45) is 4.60. The van der Waals surface area contributed by atoms with Gasteiger partial charge in [0.2, 0.25) is 0 Å². The Balaban J connectivity index is 1.69. The van der Waals surface area contributed by atoms with Gasteiger partial charge in [-0.1, -0.05) is 36.2 Å². The summed E-state index contributed by atoms with van der Waals surface area (Å²) in [7, 11) is 3.98. The highest BCUT2D eigenvalue weighted by Crippen LogP contribution is 2.35. The van der Waals surface area contributed by atoms with E-state index in [2.05, 4.69) is 15.5 Å². The third-order valence-corrected chi connectivity index (χ3v) is 8.28. The second kappa shape index (κ2) is 11.7. The van der Waals surface area contributed by atoms with E-state index in [1.54, 1.807) is 12.1 Å². The fourth-order valence-electron chi connectivity index (χ4n) is 4.70. The molecule has 0 atom stereocenters. The van der Waals surface area contributed by atoms with Gasteiger partial charge in [0.1, 0.15) is 5.82 Å². The lowest BCUT2D eigenvalue weighted by Crippen LogP contribution is -2.38. The fourth-order valence-corrected chi connectivity index (χ4v) is 5.27. The largest absolute Gasteiger partial charge is 0.371 e. The maximum atomic E-state index is 13.9. The van der Waals surface area contributed by atoms with Crippen LogP contribution in [0.15, 0.2) is 24.3 Å². The van der Waals surface area contributed by atoms with Crippen LogP contribution in [-0.4, -0.2) is 46.7 Å². The third kappa shape index (κ3) is 6.17. The lowest BCUT2D eigenvalue weighted by atomic mass is 9.91. The van der Waals surface area contributed by atoms with Crippen molar-refractivity contribution in [1.29, 1.82) is 0 Å². The van der Waals surface area contributed by atoms with E-state index in [-0.39, 0.29) is 12.5 Å². The molecule has 1 aliphatic carbocycles. The molecule has 2 amide bonds.